The molecule has 0 spiro atoms. The first-order valence-electron chi connectivity index (χ1n) is 15.2. The minimum atomic E-state index is -4.99. The van der Waals surface area contributed by atoms with E-state index in [1.165, 1.54) is 6.07 Å². The summed E-state index contributed by atoms with van der Waals surface area (Å²) < 4.78 is 73.1. The zero-order valence-corrected chi connectivity index (χ0v) is 27.8. The van der Waals surface area contributed by atoms with Crippen LogP contribution in [-0.2, 0) is 33.3 Å². The molecule has 47 heavy (non-hydrogen) atoms. The molecule has 0 bridgehead atoms. The second-order valence-corrected chi connectivity index (χ2v) is 13.8. The van der Waals surface area contributed by atoms with Crippen molar-refractivity contribution in [2.75, 3.05) is 18.0 Å². The fourth-order valence-corrected chi connectivity index (χ4v) is 6.91. The van der Waals surface area contributed by atoms with Crippen LogP contribution < -0.4 is 4.90 Å². The average Bonchev–Trinajstić information content (AvgIpc) is 3.07. The van der Waals surface area contributed by atoms with E-state index >= 15 is 0 Å². The number of allylic oxidation sites excluding steroid dienone is 5. The maximum Gasteiger partial charge on any atom is 0.295 e. The SMILES string of the molecule is CCN(Cc1ccccc1)c1ccc(C(=C2C=CC(=[N+](CC)Cc3ccccc3)C=C2)c2ccc(S(=O)(=O)[O-])cc2S(=O)(=O)O)cc1. The van der Waals surface area contributed by atoms with Crippen LogP contribution in [0.2, 0.25) is 0 Å². The Morgan fingerprint density at radius 2 is 1.36 bits per heavy atom. The van der Waals surface area contributed by atoms with Crippen LogP contribution in [0.3, 0.4) is 0 Å². The molecule has 0 aliphatic heterocycles. The molecule has 0 atom stereocenters. The third-order valence-electron chi connectivity index (χ3n) is 8.03. The maximum atomic E-state index is 12.6. The highest BCUT2D eigenvalue weighted by molar-refractivity contribution is 7.86. The summed E-state index contributed by atoms with van der Waals surface area (Å²) in [5.41, 5.74) is 6.01. The van der Waals surface area contributed by atoms with E-state index in [-0.39, 0.29) is 5.56 Å². The van der Waals surface area contributed by atoms with E-state index in [0.717, 1.165) is 41.7 Å². The summed E-state index contributed by atoms with van der Waals surface area (Å²) in [5.74, 6) is 0. The fraction of sp³-hybridized carbons (Fsp3) is 0.162. The fourth-order valence-electron chi connectivity index (χ4n) is 5.61. The molecule has 0 radical (unpaired) electrons. The van der Waals surface area contributed by atoms with Crippen molar-refractivity contribution in [3.63, 3.8) is 0 Å². The van der Waals surface area contributed by atoms with Gasteiger partial charge >= 0.3 is 0 Å². The van der Waals surface area contributed by atoms with Crippen LogP contribution in [0.1, 0.15) is 36.1 Å². The minimum Gasteiger partial charge on any atom is -0.744 e. The number of anilines is 1. The Labute approximate surface area is 276 Å². The van der Waals surface area contributed by atoms with Crippen molar-refractivity contribution >= 4 is 37.2 Å². The van der Waals surface area contributed by atoms with Crippen molar-refractivity contribution in [3.05, 3.63) is 155 Å². The Balaban J connectivity index is 1.63. The quantitative estimate of drug-likeness (QED) is 0.144. The Kier molecular flexibility index (Phi) is 10.4. The first-order valence-corrected chi connectivity index (χ1v) is 18.1. The number of nitrogens with zero attached hydrogens (tertiary/aromatic N) is 2. The van der Waals surface area contributed by atoms with Crippen molar-refractivity contribution in [2.45, 2.75) is 36.7 Å². The van der Waals surface area contributed by atoms with Gasteiger partial charge in [0.05, 0.1) is 4.90 Å². The van der Waals surface area contributed by atoms with E-state index < -0.39 is 30.0 Å². The smallest absolute Gasteiger partial charge is 0.295 e. The van der Waals surface area contributed by atoms with Gasteiger partial charge in [0, 0.05) is 42.1 Å². The van der Waals surface area contributed by atoms with Crippen LogP contribution in [0.15, 0.2) is 143 Å². The standard InChI is InChI=1S/C37H36N2O6S2/c1-3-38(26-28-11-7-5-8-12-28)32-19-15-30(16-20-32)37(35-24-23-34(46(40,41)42)25-36(35)47(43,44)45)31-17-21-33(22-18-31)39(4-2)27-29-13-9-6-10-14-29/h5-25H,3-4,26-27H2,1-2H3,(H-,40,41,42,43,44,45). The first-order chi connectivity index (χ1) is 22.5. The van der Waals surface area contributed by atoms with Gasteiger partial charge < -0.3 is 9.45 Å². The summed E-state index contributed by atoms with van der Waals surface area (Å²) >= 11 is 0. The first kappa shape index (κ1) is 33.7. The molecule has 4 aromatic carbocycles. The van der Waals surface area contributed by atoms with Crippen molar-refractivity contribution < 1.29 is 30.5 Å². The molecular weight excluding hydrogens is 633 g/mol. The molecule has 1 aliphatic carbocycles. The highest BCUT2D eigenvalue weighted by Crippen LogP contribution is 2.36. The molecule has 10 heteroatoms. The highest BCUT2D eigenvalue weighted by atomic mass is 32.2. The number of hydrogen-bond donors (Lipinski definition) is 1. The molecule has 0 saturated carbocycles. The molecule has 0 heterocycles. The summed E-state index contributed by atoms with van der Waals surface area (Å²) in [7, 11) is -9.93. The molecule has 0 amide bonds. The largest absolute Gasteiger partial charge is 0.744 e. The van der Waals surface area contributed by atoms with Crippen LogP contribution in [0.25, 0.3) is 5.57 Å². The number of benzene rings is 4. The predicted octanol–water partition coefficient (Wildman–Crippen LogP) is 6.47. The highest BCUT2D eigenvalue weighted by Gasteiger charge is 2.24. The molecule has 0 saturated heterocycles. The zero-order chi connectivity index (χ0) is 33.6. The minimum absolute atomic E-state index is 0.0636. The molecule has 1 aliphatic rings. The van der Waals surface area contributed by atoms with Crippen LogP contribution >= 0.6 is 0 Å². The lowest BCUT2D eigenvalue weighted by atomic mass is 9.90. The van der Waals surface area contributed by atoms with Gasteiger partial charge in [-0.25, -0.2) is 13.0 Å². The summed E-state index contributed by atoms with van der Waals surface area (Å²) in [6.45, 7) is 7.03. The second-order valence-electron chi connectivity index (χ2n) is 11.1. The normalized spacial score (nSPS) is 13.1. The molecule has 0 fully saturated rings. The van der Waals surface area contributed by atoms with Gasteiger partial charge in [0.1, 0.15) is 21.6 Å². The van der Waals surface area contributed by atoms with Crippen LogP contribution in [0.4, 0.5) is 5.69 Å². The maximum absolute atomic E-state index is 12.6. The Hall–Kier alpha value is -4.61. The Morgan fingerprint density at radius 1 is 0.766 bits per heavy atom. The number of rotatable bonds is 11. The summed E-state index contributed by atoms with van der Waals surface area (Å²) in [6, 6.07) is 30.8. The lowest BCUT2D eigenvalue weighted by Gasteiger charge is -2.24. The van der Waals surface area contributed by atoms with Crippen molar-refractivity contribution in [1.29, 1.82) is 0 Å². The molecule has 242 valence electrons. The predicted molar refractivity (Wildman–Crippen MR) is 184 cm³/mol. The monoisotopic (exact) mass is 668 g/mol. The summed E-state index contributed by atoms with van der Waals surface area (Å²) in [6.07, 6.45) is 7.62. The van der Waals surface area contributed by atoms with Crippen molar-refractivity contribution in [3.8, 4) is 0 Å². The van der Waals surface area contributed by atoms with E-state index in [2.05, 4.69) is 47.6 Å². The molecule has 1 N–H and O–H groups in total. The topological polar surface area (TPSA) is 118 Å². The Morgan fingerprint density at radius 3 is 1.89 bits per heavy atom. The third kappa shape index (κ3) is 8.22. The van der Waals surface area contributed by atoms with Gasteiger partial charge in [-0.15, -0.1) is 0 Å². The van der Waals surface area contributed by atoms with Gasteiger partial charge in [0.2, 0.25) is 0 Å². The molecule has 5 rings (SSSR count). The zero-order valence-electron chi connectivity index (χ0n) is 26.2. The van der Waals surface area contributed by atoms with Gasteiger partial charge in [0.25, 0.3) is 10.1 Å². The van der Waals surface area contributed by atoms with E-state index in [4.69, 9.17) is 0 Å². The van der Waals surface area contributed by atoms with E-state index in [9.17, 15) is 25.9 Å². The number of hydrogen-bond acceptors (Lipinski definition) is 6. The third-order valence-corrected chi connectivity index (χ3v) is 9.75. The summed E-state index contributed by atoms with van der Waals surface area (Å²) in [5, 5.41) is 0. The average molecular weight is 669 g/mol. The van der Waals surface area contributed by atoms with E-state index in [1.807, 2.05) is 85.0 Å². The van der Waals surface area contributed by atoms with Crippen LogP contribution in [-0.4, -0.2) is 49.3 Å². The van der Waals surface area contributed by atoms with Gasteiger partial charge in [-0.3, -0.25) is 4.55 Å². The van der Waals surface area contributed by atoms with Crippen LogP contribution in [0.5, 0.6) is 0 Å². The second kappa shape index (κ2) is 14.4. The molecular formula is C37H36N2O6S2. The van der Waals surface area contributed by atoms with Gasteiger partial charge in [-0.2, -0.15) is 8.42 Å². The van der Waals surface area contributed by atoms with Gasteiger partial charge in [-0.1, -0.05) is 78.9 Å². The molecule has 0 aromatic heterocycles. The summed E-state index contributed by atoms with van der Waals surface area (Å²) in [4.78, 5) is 0.783. The molecule has 8 nitrogen and oxygen atoms in total. The lowest BCUT2D eigenvalue weighted by Crippen LogP contribution is -2.21. The Bertz CT molecular complexity index is 2070. The van der Waals surface area contributed by atoms with Crippen molar-refractivity contribution in [2.24, 2.45) is 0 Å². The molecule has 4 aromatic rings. The van der Waals surface area contributed by atoms with Gasteiger partial charge in [0.15, 0.2) is 12.3 Å². The van der Waals surface area contributed by atoms with E-state index in [0.29, 0.717) is 35.9 Å². The van der Waals surface area contributed by atoms with Crippen molar-refractivity contribution in [1.82, 2.24) is 0 Å². The van der Waals surface area contributed by atoms with Crippen LogP contribution in [0, 0.1) is 0 Å². The molecule has 0 unspecified atom stereocenters. The van der Waals surface area contributed by atoms with E-state index in [1.54, 1.807) is 0 Å². The lowest BCUT2D eigenvalue weighted by molar-refractivity contribution is -0.539. The van der Waals surface area contributed by atoms with Gasteiger partial charge in [-0.05, 0) is 72.5 Å².